The average molecular weight is 391 g/mol. The first-order valence-electron chi connectivity index (χ1n) is 8.65. The third kappa shape index (κ3) is 3.60. The fourth-order valence-corrected chi connectivity index (χ4v) is 4.42. The van der Waals surface area contributed by atoms with Crippen molar-refractivity contribution in [2.75, 3.05) is 40.2 Å². The predicted octanol–water partition coefficient (Wildman–Crippen LogP) is 2.90. The number of hydrogen-bond acceptors (Lipinski definition) is 8. The van der Waals surface area contributed by atoms with Crippen LogP contribution in [0.15, 0.2) is 30.3 Å². The molecule has 0 bridgehead atoms. The number of phenolic OH excluding ortho intramolecular Hbond substituents is 2. The Morgan fingerprint density at radius 1 is 1.07 bits per heavy atom. The topological polar surface area (TPSA) is 80.6 Å². The molecule has 2 aromatic carbocycles. The van der Waals surface area contributed by atoms with Crippen LogP contribution in [-0.2, 0) is 4.74 Å². The first kappa shape index (κ1) is 18.1. The molecule has 4 rings (SSSR count). The summed E-state index contributed by atoms with van der Waals surface area (Å²) in [5, 5.41) is 21.0. The summed E-state index contributed by atoms with van der Waals surface area (Å²) in [5.41, 5.74) is 1.29. The molecule has 0 radical (unpaired) electrons. The van der Waals surface area contributed by atoms with Crippen LogP contribution in [0.4, 0.5) is 0 Å². The van der Waals surface area contributed by atoms with Gasteiger partial charge in [-0.05, 0) is 12.1 Å². The Morgan fingerprint density at radius 3 is 2.56 bits per heavy atom. The quantitative estimate of drug-likeness (QED) is 0.753. The van der Waals surface area contributed by atoms with Crippen molar-refractivity contribution in [1.29, 1.82) is 0 Å². The zero-order chi connectivity index (χ0) is 18.8. The molecule has 7 nitrogen and oxygen atoms in total. The van der Waals surface area contributed by atoms with Crippen LogP contribution in [-0.4, -0.2) is 54.7 Å². The first-order valence-corrected chi connectivity index (χ1v) is 9.49. The summed E-state index contributed by atoms with van der Waals surface area (Å²) in [7, 11) is 1.51. The number of benzene rings is 2. The van der Waals surface area contributed by atoms with Gasteiger partial charge in [-0.25, -0.2) is 4.31 Å². The molecule has 1 atom stereocenters. The number of para-hydroxylation sites is 1. The second-order valence-corrected chi connectivity index (χ2v) is 7.39. The van der Waals surface area contributed by atoms with Gasteiger partial charge in [-0.2, -0.15) is 0 Å². The molecule has 144 valence electrons. The van der Waals surface area contributed by atoms with Crippen LogP contribution in [0, 0.1) is 0 Å². The number of aromatic hydroxyl groups is 2. The van der Waals surface area contributed by atoms with E-state index >= 15 is 0 Å². The standard InChI is InChI=1S/C19H21NO6S/c1-23-15-4-2-3-12(18(15)22)19(27-20-5-7-24-8-6-20)13-9-16-17(10-14(13)21)26-11-25-16/h2-4,9-10,19,21-22H,5-8,11H2,1H3. The Hall–Kier alpha value is -2.29. The summed E-state index contributed by atoms with van der Waals surface area (Å²) >= 11 is 1.55. The zero-order valence-corrected chi connectivity index (χ0v) is 15.7. The predicted molar refractivity (Wildman–Crippen MR) is 101 cm³/mol. The van der Waals surface area contributed by atoms with Crippen LogP contribution < -0.4 is 14.2 Å². The van der Waals surface area contributed by atoms with Crippen molar-refractivity contribution in [2.24, 2.45) is 0 Å². The van der Waals surface area contributed by atoms with Gasteiger partial charge in [-0.15, -0.1) is 0 Å². The normalized spacial score (nSPS) is 17.7. The molecule has 0 amide bonds. The molecular formula is C19H21NO6S. The van der Waals surface area contributed by atoms with E-state index in [1.54, 1.807) is 30.1 Å². The van der Waals surface area contributed by atoms with E-state index in [9.17, 15) is 10.2 Å². The molecule has 1 unspecified atom stereocenters. The number of ether oxygens (including phenoxy) is 4. The maximum atomic E-state index is 10.7. The third-order valence-corrected chi connectivity index (χ3v) is 5.94. The van der Waals surface area contributed by atoms with E-state index in [1.165, 1.54) is 7.11 Å². The van der Waals surface area contributed by atoms with E-state index < -0.39 is 0 Å². The van der Waals surface area contributed by atoms with Crippen LogP contribution in [0.2, 0.25) is 0 Å². The minimum absolute atomic E-state index is 0.0582. The second kappa shape index (κ2) is 7.75. The van der Waals surface area contributed by atoms with Crippen LogP contribution in [0.25, 0.3) is 0 Å². The number of morpholine rings is 1. The van der Waals surface area contributed by atoms with Crippen LogP contribution in [0.3, 0.4) is 0 Å². The van der Waals surface area contributed by atoms with Crippen molar-refractivity contribution in [3.63, 3.8) is 0 Å². The minimum atomic E-state index is -0.354. The Balaban J connectivity index is 1.77. The Labute approximate surface area is 161 Å². The van der Waals surface area contributed by atoms with Gasteiger partial charge in [-0.1, -0.05) is 24.1 Å². The lowest BCUT2D eigenvalue weighted by Gasteiger charge is -2.30. The summed E-state index contributed by atoms with van der Waals surface area (Å²) < 4.78 is 23.7. The van der Waals surface area contributed by atoms with Crippen molar-refractivity contribution in [3.8, 4) is 28.7 Å². The van der Waals surface area contributed by atoms with Gasteiger partial charge < -0.3 is 29.2 Å². The van der Waals surface area contributed by atoms with Crippen LogP contribution in [0.1, 0.15) is 16.4 Å². The molecule has 2 heterocycles. The van der Waals surface area contributed by atoms with Crippen LogP contribution >= 0.6 is 11.9 Å². The van der Waals surface area contributed by atoms with Gasteiger partial charge in [0.05, 0.1) is 25.6 Å². The summed E-state index contributed by atoms with van der Waals surface area (Å²) in [5.74, 6) is 1.63. The maximum Gasteiger partial charge on any atom is 0.231 e. The second-order valence-electron chi connectivity index (χ2n) is 6.19. The third-order valence-electron chi connectivity index (χ3n) is 4.56. The molecule has 1 fully saturated rings. The average Bonchev–Trinajstić information content (AvgIpc) is 3.14. The van der Waals surface area contributed by atoms with Gasteiger partial charge in [0.15, 0.2) is 23.0 Å². The van der Waals surface area contributed by atoms with Gasteiger partial charge in [0.2, 0.25) is 6.79 Å². The van der Waals surface area contributed by atoms with Crippen LogP contribution in [0.5, 0.6) is 28.7 Å². The molecular weight excluding hydrogens is 370 g/mol. The van der Waals surface area contributed by atoms with Gasteiger partial charge in [0.1, 0.15) is 5.75 Å². The first-order chi connectivity index (χ1) is 13.2. The van der Waals surface area contributed by atoms with E-state index in [0.29, 0.717) is 41.6 Å². The highest BCUT2D eigenvalue weighted by atomic mass is 32.2. The highest BCUT2D eigenvalue weighted by molar-refractivity contribution is 7.97. The lowest BCUT2D eigenvalue weighted by Crippen LogP contribution is -2.31. The van der Waals surface area contributed by atoms with E-state index in [1.807, 2.05) is 12.1 Å². The van der Waals surface area contributed by atoms with Gasteiger partial charge in [0, 0.05) is 30.3 Å². The number of hydrogen-bond donors (Lipinski definition) is 2. The van der Waals surface area contributed by atoms with E-state index in [2.05, 4.69) is 4.31 Å². The van der Waals surface area contributed by atoms with Crippen molar-refractivity contribution >= 4 is 11.9 Å². The molecule has 8 heteroatoms. The summed E-state index contributed by atoms with van der Waals surface area (Å²) in [4.78, 5) is 0. The maximum absolute atomic E-state index is 10.7. The zero-order valence-electron chi connectivity index (χ0n) is 14.9. The number of phenols is 2. The molecule has 0 spiro atoms. The number of methoxy groups -OCH3 is 1. The highest BCUT2D eigenvalue weighted by Gasteiger charge is 2.29. The van der Waals surface area contributed by atoms with Gasteiger partial charge in [0.25, 0.3) is 0 Å². The molecule has 0 aliphatic carbocycles. The number of fused-ring (bicyclic) bond motifs is 1. The Bertz CT molecular complexity index is 824. The van der Waals surface area contributed by atoms with E-state index in [4.69, 9.17) is 18.9 Å². The lowest BCUT2D eigenvalue weighted by molar-refractivity contribution is 0.0771. The fourth-order valence-electron chi connectivity index (χ4n) is 3.15. The molecule has 27 heavy (non-hydrogen) atoms. The molecule has 0 aromatic heterocycles. The minimum Gasteiger partial charge on any atom is -0.507 e. The monoisotopic (exact) mass is 391 g/mol. The van der Waals surface area contributed by atoms with Gasteiger partial charge >= 0.3 is 0 Å². The number of nitrogens with zero attached hydrogens (tertiary/aromatic N) is 1. The van der Waals surface area contributed by atoms with E-state index in [0.717, 1.165) is 13.1 Å². The highest BCUT2D eigenvalue weighted by Crippen LogP contribution is 2.50. The Kier molecular flexibility index (Phi) is 5.20. The van der Waals surface area contributed by atoms with E-state index in [-0.39, 0.29) is 23.5 Å². The molecule has 2 aromatic rings. The molecule has 2 aliphatic heterocycles. The SMILES string of the molecule is COc1cccc(C(SN2CCOCC2)c2cc3c(cc2O)OCO3)c1O. The molecule has 1 saturated heterocycles. The summed E-state index contributed by atoms with van der Waals surface area (Å²) in [6.45, 7) is 2.95. The summed E-state index contributed by atoms with van der Waals surface area (Å²) in [6.07, 6.45) is 0. The van der Waals surface area contributed by atoms with Crippen molar-refractivity contribution in [1.82, 2.24) is 4.31 Å². The lowest BCUT2D eigenvalue weighted by atomic mass is 10.0. The number of rotatable bonds is 5. The summed E-state index contributed by atoms with van der Waals surface area (Å²) in [6, 6.07) is 8.69. The smallest absolute Gasteiger partial charge is 0.231 e. The molecule has 2 aliphatic rings. The van der Waals surface area contributed by atoms with Gasteiger partial charge in [-0.3, -0.25) is 0 Å². The van der Waals surface area contributed by atoms with Crippen molar-refractivity contribution in [3.05, 3.63) is 41.5 Å². The van der Waals surface area contributed by atoms with Crippen molar-refractivity contribution in [2.45, 2.75) is 5.25 Å². The van der Waals surface area contributed by atoms with Crippen molar-refractivity contribution < 1.29 is 29.2 Å². The Morgan fingerprint density at radius 2 is 1.81 bits per heavy atom. The largest absolute Gasteiger partial charge is 0.507 e. The molecule has 0 saturated carbocycles. The molecule has 2 N–H and O–H groups in total. The fraction of sp³-hybridized carbons (Fsp3) is 0.368.